The maximum Gasteiger partial charge on any atom is 0.0704 e. The Kier molecular flexibility index (Phi) is 5.35. The molecule has 0 aliphatic heterocycles. The molecular weight excluding hydrogens is 256 g/mol. The highest BCUT2D eigenvalue weighted by Gasteiger charge is 2.19. The van der Waals surface area contributed by atoms with E-state index >= 15 is 0 Å². The van der Waals surface area contributed by atoms with Crippen molar-refractivity contribution in [1.29, 1.82) is 0 Å². The highest BCUT2D eigenvalue weighted by atomic mass is 14.9. The maximum atomic E-state index is 4.47. The fraction of sp³-hybridized carbons (Fsp3) is 0.526. The molecule has 2 rings (SSSR count). The van der Waals surface area contributed by atoms with Crippen LogP contribution in [0.25, 0.3) is 10.9 Å². The van der Waals surface area contributed by atoms with Crippen LogP contribution in [0, 0.1) is 5.41 Å². The predicted octanol–water partition coefficient (Wildman–Crippen LogP) is 4.58. The summed E-state index contributed by atoms with van der Waals surface area (Å²) < 4.78 is 0. The summed E-state index contributed by atoms with van der Waals surface area (Å²) in [5.41, 5.74) is 2.84. The molecule has 0 spiro atoms. The molecule has 2 aromatic rings. The third kappa shape index (κ3) is 4.82. The van der Waals surface area contributed by atoms with E-state index in [1.807, 2.05) is 6.20 Å². The molecule has 1 unspecified atom stereocenters. The average Bonchev–Trinajstić information content (AvgIpc) is 2.43. The van der Waals surface area contributed by atoms with Gasteiger partial charge in [-0.3, -0.25) is 4.98 Å². The van der Waals surface area contributed by atoms with Gasteiger partial charge in [0.05, 0.1) is 5.52 Å². The Labute approximate surface area is 129 Å². The zero-order valence-corrected chi connectivity index (χ0v) is 13.8. The number of nitrogens with one attached hydrogen (secondary N) is 1. The van der Waals surface area contributed by atoms with Gasteiger partial charge >= 0.3 is 0 Å². The molecular formula is C19H28N2. The zero-order valence-electron chi connectivity index (χ0n) is 13.8. The van der Waals surface area contributed by atoms with E-state index < -0.39 is 0 Å². The van der Waals surface area contributed by atoms with Crippen molar-refractivity contribution < 1.29 is 0 Å². The van der Waals surface area contributed by atoms with Crippen molar-refractivity contribution in [3.05, 3.63) is 42.1 Å². The Morgan fingerprint density at radius 1 is 1.14 bits per heavy atom. The quantitative estimate of drug-likeness (QED) is 0.839. The average molecular weight is 284 g/mol. The first-order valence-corrected chi connectivity index (χ1v) is 8.05. The molecule has 2 heteroatoms. The Hall–Kier alpha value is -1.41. The van der Waals surface area contributed by atoms with Crippen LogP contribution in [0.2, 0.25) is 0 Å². The second kappa shape index (κ2) is 7.04. The summed E-state index contributed by atoms with van der Waals surface area (Å²) in [6.07, 6.45) is 5.37. The first-order chi connectivity index (χ1) is 9.99. The van der Waals surface area contributed by atoms with Gasteiger partial charge in [0, 0.05) is 17.6 Å². The third-order valence-corrected chi connectivity index (χ3v) is 3.75. The number of para-hydroxylation sites is 1. The maximum absolute atomic E-state index is 4.47. The van der Waals surface area contributed by atoms with Crippen molar-refractivity contribution in [1.82, 2.24) is 10.3 Å². The van der Waals surface area contributed by atoms with Crippen molar-refractivity contribution in [3.63, 3.8) is 0 Å². The molecule has 21 heavy (non-hydrogen) atoms. The van der Waals surface area contributed by atoms with Gasteiger partial charge in [0.1, 0.15) is 0 Å². The molecule has 0 saturated heterocycles. The van der Waals surface area contributed by atoms with E-state index in [-0.39, 0.29) is 0 Å². The molecule has 0 bridgehead atoms. The van der Waals surface area contributed by atoms with E-state index in [9.17, 15) is 0 Å². The van der Waals surface area contributed by atoms with Crippen LogP contribution in [-0.4, -0.2) is 17.6 Å². The summed E-state index contributed by atoms with van der Waals surface area (Å²) in [6.45, 7) is 10.3. The Bertz CT molecular complexity index is 564. The van der Waals surface area contributed by atoms with Gasteiger partial charge in [-0.25, -0.2) is 0 Å². The van der Waals surface area contributed by atoms with Crippen LogP contribution in [-0.2, 0) is 6.42 Å². The standard InChI is InChI=1S/C19H28N2/c1-5-11-20-16(14-19(2,3)4)13-15-10-12-21-18-9-7-6-8-17(15)18/h6-10,12,16,20H,5,11,13-14H2,1-4H3. The van der Waals surface area contributed by atoms with E-state index in [4.69, 9.17) is 0 Å². The van der Waals surface area contributed by atoms with Gasteiger partial charge in [0.2, 0.25) is 0 Å². The molecule has 0 saturated carbocycles. The molecule has 0 radical (unpaired) electrons. The van der Waals surface area contributed by atoms with Crippen molar-refractivity contribution in [2.45, 2.75) is 53.0 Å². The molecule has 0 amide bonds. The molecule has 1 atom stereocenters. The molecule has 1 aromatic carbocycles. The second-order valence-corrected chi connectivity index (χ2v) is 7.11. The van der Waals surface area contributed by atoms with Gasteiger partial charge in [-0.05, 0) is 48.9 Å². The first kappa shape index (κ1) is 16.0. The van der Waals surface area contributed by atoms with Crippen LogP contribution >= 0.6 is 0 Å². The fourth-order valence-electron chi connectivity index (χ4n) is 2.90. The molecule has 0 fully saturated rings. The number of fused-ring (bicyclic) bond motifs is 1. The Balaban J connectivity index is 2.21. The molecule has 1 heterocycles. The minimum Gasteiger partial charge on any atom is -0.314 e. The summed E-state index contributed by atoms with van der Waals surface area (Å²) in [6, 6.07) is 11.1. The van der Waals surface area contributed by atoms with Gasteiger partial charge < -0.3 is 5.32 Å². The number of benzene rings is 1. The van der Waals surface area contributed by atoms with Crippen LogP contribution < -0.4 is 5.32 Å². The van der Waals surface area contributed by atoms with Crippen LogP contribution in [0.5, 0.6) is 0 Å². The summed E-state index contributed by atoms with van der Waals surface area (Å²) >= 11 is 0. The summed E-state index contributed by atoms with van der Waals surface area (Å²) in [5, 5.41) is 5.01. The first-order valence-electron chi connectivity index (χ1n) is 8.05. The minimum absolute atomic E-state index is 0.342. The fourth-order valence-corrected chi connectivity index (χ4v) is 2.90. The largest absolute Gasteiger partial charge is 0.314 e. The second-order valence-electron chi connectivity index (χ2n) is 7.11. The number of hydrogen-bond acceptors (Lipinski definition) is 2. The third-order valence-electron chi connectivity index (χ3n) is 3.75. The van der Waals surface area contributed by atoms with Crippen molar-refractivity contribution in [2.24, 2.45) is 5.41 Å². The Morgan fingerprint density at radius 2 is 1.90 bits per heavy atom. The number of aromatic nitrogens is 1. The number of rotatable bonds is 6. The van der Waals surface area contributed by atoms with Crippen molar-refractivity contribution in [2.75, 3.05) is 6.54 Å². The van der Waals surface area contributed by atoms with Crippen LogP contribution in [0.4, 0.5) is 0 Å². The topological polar surface area (TPSA) is 24.9 Å². The van der Waals surface area contributed by atoms with E-state index in [2.05, 4.69) is 68.3 Å². The van der Waals surface area contributed by atoms with Crippen LogP contribution in [0.3, 0.4) is 0 Å². The van der Waals surface area contributed by atoms with Gasteiger partial charge in [-0.1, -0.05) is 45.9 Å². The number of hydrogen-bond donors (Lipinski definition) is 1. The highest BCUT2D eigenvalue weighted by Crippen LogP contribution is 2.24. The highest BCUT2D eigenvalue weighted by molar-refractivity contribution is 5.81. The lowest BCUT2D eigenvalue weighted by Crippen LogP contribution is -2.35. The summed E-state index contributed by atoms with van der Waals surface area (Å²) in [5.74, 6) is 0. The van der Waals surface area contributed by atoms with Crippen molar-refractivity contribution in [3.8, 4) is 0 Å². The molecule has 1 aromatic heterocycles. The number of pyridine rings is 1. The smallest absolute Gasteiger partial charge is 0.0704 e. The zero-order chi connectivity index (χ0) is 15.3. The molecule has 1 N–H and O–H groups in total. The van der Waals surface area contributed by atoms with Gasteiger partial charge in [0.15, 0.2) is 0 Å². The van der Waals surface area contributed by atoms with Gasteiger partial charge in [-0.15, -0.1) is 0 Å². The number of nitrogens with zero attached hydrogens (tertiary/aromatic N) is 1. The van der Waals surface area contributed by atoms with Gasteiger partial charge in [-0.2, -0.15) is 0 Å². The molecule has 0 aliphatic carbocycles. The molecule has 2 nitrogen and oxygen atoms in total. The van der Waals surface area contributed by atoms with E-state index in [1.165, 1.54) is 23.8 Å². The van der Waals surface area contributed by atoms with E-state index in [1.54, 1.807) is 0 Å². The van der Waals surface area contributed by atoms with Crippen LogP contribution in [0.15, 0.2) is 36.5 Å². The van der Waals surface area contributed by atoms with Gasteiger partial charge in [0.25, 0.3) is 0 Å². The van der Waals surface area contributed by atoms with Crippen LogP contribution in [0.1, 0.15) is 46.1 Å². The summed E-state index contributed by atoms with van der Waals surface area (Å²) in [4.78, 5) is 4.47. The lowest BCUT2D eigenvalue weighted by molar-refractivity contribution is 0.307. The van der Waals surface area contributed by atoms with E-state index in [0.717, 1.165) is 18.5 Å². The molecule has 0 aliphatic rings. The van der Waals surface area contributed by atoms with E-state index in [0.29, 0.717) is 11.5 Å². The lowest BCUT2D eigenvalue weighted by atomic mass is 9.85. The lowest BCUT2D eigenvalue weighted by Gasteiger charge is -2.27. The monoisotopic (exact) mass is 284 g/mol. The normalized spacial score (nSPS) is 13.5. The predicted molar refractivity (Wildman–Crippen MR) is 91.6 cm³/mol. The SMILES string of the molecule is CCCNC(Cc1ccnc2ccccc12)CC(C)(C)C. The minimum atomic E-state index is 0.342. The Morgan fingerprint density at radius 3 is 2.62 bits per heavy atom. The molecule has 114 valence electrons. The summed E-state index contributed by atoms with van der Waals surface area (Å²) in [7, 11) is 0. The van der Waals surface area contributed by atoms with Crippen molar-refractivity contribution >= 4 is 10.9 Å².